The molecule has 0 saturated carbocycles. The number of anilines is 3. The highest BCUT2D eigenvalue weighted by molar-refractivity contribution is 7.79. The van der Waals surface area contributed by atoms with Gasteiger partial charge in [-0.05, 0) is 29.8 Å². The van der Waals surface area contributed by atoms with Gasteiger partial charge in [-0.2, -0.15) is 18.2 Å². The van der Waals surface area contributed by atoms with Crippen LogP contribution in [0.2, 0.25) is 0 Å². The summed E-state index contributed by atoms with van der Waals surface area (Å²) in [5.41, 5.74) is 3.10. The summed E-state index contributed by atoms with van der Waals surface area (Å²) in [7, 11) is 0. The summed E-state index contributed by atoms with van der Waals surface area (Å²) in [5.74, 6) is -1.33. The molecule has 0 radical (unpaired) electrons. The molecule has 1 atom stereocenters. The van der Waals surface area contributed by atoms with E-state index in [2.05, 4.69) is 20.5 Å². The summed E-state index contributed by atoms with van der Waals surface area (Å²) in [5, 5.41) is 8.34. The van der Waals surface area contributed by atoms with Crippen LogP contribution in [0.5, 0.6) is 0 Å². The van der Waals surface area contributed by atoms with Gasteiger partial charge >= 0.3 is 6.18 Å². The third-order valence-electron chi connectivity index (χ3n) is 3.50. The zero-order chi connectivity index (χ0) is 19.8. The molecular formula is C15H11F4N5O2S. The Morgan fingerprint density at radius 3 is 2.37 bits per heavy atom. The minimum atomic E-state index is -4.86. The normalized spacial score (nSPS) is 12.8. The van der Waals surface area contributed by atoms with Crippen LogP contribution in [-0.2, 0) is 17.3 Å². The zero-order valence-corrected chi connectivity index (χ0v) is 14.0. The van der Waals surface area contributed by atoms with Gasteiger partial charge in [-0.25, -0.2) is 13.7 Å². The Bertz CT molecular complexity index is 1000. The van der Waals surface area contributed by atoms with Crippen LogP contribution in [0.15, 0.2) is 41.3 Å². The van der Waals surface area contributed by atoms with Crippen LogP contribution < -0.4 is 11.1 Å². The first-order valence-electron chi connectivity index (χ1n) is 7.22. The standard InChI is InChI=1S/C15H11F4N5O2S/c16-11-6-8(21-14-22-13(20)23-24-14)5-10(15(17,18)19)12(11)7-1-3-9(4-2-7)27(25)26/h1-6H,(H,25,26)(H4,20,21,22,23,24). The summed E-state index contributed by atoms with van der Waals surface area (Å²) in [6.07, 6.45) is -4.86. The van der Waals surface area contributed by atoms with E-state index in [0.29, 0.717) is 6.07 Å². The molecule has 0 aliphatic rings. The molecule has 0 spiro atoms. The van der Waals surface area contributed by atoms with Crippen molar-refractivity contribution in [2.75, 3.05) is 11.1 Å². The quantitative estimate of drug-likeness (QED) is 0.393. The molecule has 0 aliphatic heterocycles. The topological polar surface area (TPSA) is 117 Å². The van der Waals surface area contributed by atoms with Crippen molar-refractivity contribution in [3.63, 3.8) is 0 Å². The second-order valence-corrected chi connectivity index (χ2v) is 6.29. The Labute approximate surface area is 151 Å². The molecule has 142 valence electrons. The number of aromatic amines is 1. The number of halogens is 4. The number of H-pyrrole nitrogens is 1. The van der Waals surface area contributed by atoms with Crippen LogP contribution in [0.3, 0.4) is 0 Å². The second kappa shape index (κ2) is 6.96. The van der Waals surface area contributed by atoms with Crippen LogP contribution in [0.4, 0.5) is 35.1 Å². The number of hydrogen-bond acceptors (Lipinski definition) is 5. The maximum absolute atomic E-state index is 14.6. The number of nitrogens with one attached hydrogen (secondary N) is 2. The molecule has 3 rings (SSSR count). The van der Waals surface area contributed by atoms with E-state index in [9.17, 15) is 21.8 Å². The lowest BCUT2D eigenvalue weighted by Gasteiger charge is -2.16. The summed E-state index contributed by atoms with van der Waals surface area (Å²) < 4.78 is 75.1. The van der Waals surface area contributed by atoms with Crippen molar-refractivity contribution >= 4 is 28.7 Å². The van der Waals surface area contributed by atoms with Crippen LogP contribution in [0.25, 0.3) is 11.1 Å². The average molecular weight is 401 g/mol. The molecule has 5 N–H and O–H groups in total. The first-order valence-corrected chi connectivity index (χ1v) is 8.33. The first kappa shape index (κ1) is 18.8. The highest BCUT2D eigenvalue weighted by Crippen LogP contribution is 2.40. The first-order chi connectivity index (χ1) is 12.6. The maximum atomic E-state index is 14.6. The number of benzene rings is 2. The number of nitrogen functional groups attached to an aromatic ring is 1. The molecule has 0 saturated heterocycles. The number of aromatic nitrogens is 3. The number of nitrogens with two attached hydrogens (primary N) is 1. The molecule has 1 unspecified atom stereocenters. The van der Waals surface area contributed by atoms with Gasteiger partial charge in [0.25, 0.3) is 0 Å². The van der Waals surface area contributed by atoms with E-state index in [1.54, 1.807) is 0 Å². The number of alkyl halides is 3. The average Bonchev–Trinajstić information content (AvgIpc) is 2.98. The fourth-order valence-corrected chi connectivity index (χ4v) is 2.76. The molecule has 1 aromatic heterocycles. The van der Waals surface area contributed by atoms with Crippen LogP contribution in [0.1, 0.15) is 5.56 Å². The number of nitrogens with zero attached hydrogens (tertiary/aromatic N) is 2. The molecule has 0 fully saturated rings. The fraction of sp³-hybridized carbons (Fsp3) is 0.0667. The van der Waals surface area contributed by atoms with Gasteiger partial charge in [0.2, 0.25) is 11.9 Å². The molecule has 12 heteroatoms. The predicted molar refractivity (Wildman–Crippen MR) is 90.0 cm³/mol. The lowest BCUT2D eigenvalue weighted by Crippen LogP contribution is -2.10. The Morgan fingerprint density at radius 1 is 1.19 bits per heavy atom. The Hall–Kier alpha value is -2.99. The highest BCUT2D eigenvalue weighted by Gasteiger charge is 2.36. The van der Waals surface area contributed by atoms with Crippen molar-refractivity contribution < 1.29 is 26.3 Å². The monoisotopic (exact) mass is 401 g/mol. The largest absolute Gasteiger partial charge is 0.417 e. The van der Waals surface area contributed by atoms with E-state index in [1.165, 1.54) is 0 Å². The Kier molecular flexibility index (Phi) is 4.85. The molecule has 3 aromatic rings. The van der Waals surface area contributed by atoms with Crippen LogP contribution in [-0.4, -0.2) is 23.9 Å². The van der Waals surface area contributed by atoms with E-state index in [0.717, 1.165) is 30.3 Å². The van der Waals surface area contributed by atoms with Crippen molar-refractivity contribution in [3.8, 4) is 11.1 Å². The second-order valence-electron chi connectivity index (χ2n) is 5.32. The molecular weight excluding hydrogens is 390 g/mol. The van der Waals surface area contributed by atoms with Gasteiger partial charge in [-0.1, -0.05) is 12.1 Å². The third kappa shape index (κ3) is 4.06. The minimum absolute atomic E-state index is 0.0202. The lowest BCUT2D eigenvalue weighted by atomic mass is 9.98. The van der Waals surface area contributed by atoms with Crippen molar-refractivity contribution in [3.05, 3.63) is 47.8 Å². The van der Waals surface area contributed by atoms with Gasteiger partial charge in [-0.3, -0.25) is 0 Å². The Balaban J connectivity index is 2.09. The summed E-state index contributed by atoms with van der Waals surface area (Å²) in [6, 6.07) is 6.14. The molecule has 1 heterocycles. The summed E-state index contributed by atoms with van der Waals surface area (Å²) in [6.45, 7) is 0. The van der Waals surface area contributed by atoms with Crippen molar-refractivity contribution in [2.24, 2.45) is 0 Å². The van der Waals surface area contributed by atoms with Gasteiger partial charge in [-0.15, -0.1) is 5.10 Å². The van der Waals surface area contributed by atoms with E-state index in [-0.39, 0.29) is 28.0 Å². The third-order valence-corrected chi connectivity index (χ3v) is 4.17. The van der Waals surface area contributed by atoms with Gasteiger partial charge in [0.05, 0.1) is 10.5 Å². The highest BCUT2D eigenvalue weighted by atomic mass is 32.2. The van der Waals surface area contributed by atoms with Gasteiger partial charge in [0.1, 0.15) is 5.82 Å². The predicted octanol–water partition coefficient (Wildman–Crippen LogP) is 3.54. The molecule has 27 heavy (non-hydrogen) atoms. The van der Waals surface area contributed by atoms with Crippen LogP contribution >= 0.6 is 0 Å². The van der Waals surface area contributed by atoms with Gasteiger partial charge in [0.15, 0.2) is 11.1 Å². The lowest BCUT2D eigenvalue weighted by molar-refractivity contribution is -0.137. The van der Waals surface area contributed by atoms with Crippen molar-refractivity contribution in [2.45, 2.75) is 11.1 Å². The molecule has 2 aromatic carbocycles. The summed E-state index contributed by atoms with van der Waals surface area (Å²) in [4.78, 5) is 3.66. The van der Waals surface area contributed by atoms with Crippen molar-refractivity contribution in [1.29, 1.82) is 0 Å². The summed E-state index contributed by atoms with van der Waals surface area (Å²) >= 11 is -2.30. The number of rotatable bonds is 4. The number of hydrogen-bond donors (Lipinski definition) is 4. The van der Waals surface area contributed by atoms with Crippen molar-refractivity contribution in [1.82, 2.24) is 15.2 Å². The van der Waals surface area contributed by atoms with E-state index >= 15 is 0 Å². The van der Waals surface area contributed by atoms with E-state index < -0.39 is 34.2 Å². The molecule has 0 amide bonds. The van der Waals surface area contributed by atoms with E-state index in [4.69, 9.17) is 10.3 Å². The molecule has 7 nitrogen and oxygen atoms in total. The fourth-order valence-electron chi connectivity index (χ4n) is 2.39. The maximum Gasteiger partial charge on any atom is 0.417 e. The van der Waals surface area contributed by atoms with Gasteiger partial charge in [0, 0.05) is 11.3 Å². The van der Waals surface area contributed by atoms with Gasteiger partial charge < -0.3 is 15.6 Å². The molecule has 0 bridgehead atoms. The van der Waals surface area contributed by atoms with E-state index in [1.807, 2.05) is 0 Å². The van der Waals surface area contributed by atoms with Crippen LogP contribution in [0, 0.1) is 5.82 Å². The molecule has 0 aliphatic carbocycles. The SMILES string of the molecule is Nc1nc(Nc2cc(F)c(-c3ccc(S(=O)O)cc3)c(C(F)(F)F)c2)n[nH]1. The smallest absolute Gasteiger partial charge is 0.368 e. The minimum Gasteiger partial charge on any atom is -0.368 e. The Morgan fingerprint density at radius 2 is 1.85 bits per heavy atom. The zero-order valence-electron chi connectivity index (χ0n) is 13.2.